The fraction of sp³-hybridized carbons (Fsp3) is 0.542. The van der Waals surface area contributed by atoms with E-state index < -0.39 is 48.1 Å². The van der Waals surface area contributed by atoms with E-state index in [1.807, 2.05) is 19.9 Å². The lowest BCUT2D eigenvalue weighted by atomic mass is 9.95. The second-order valence-electron chi connectivity index (χ2n) is 9.07. The number of carbonyl (C=O) groups excluding carboxylic acids is 5. The number of para-hydroxylation sites is 1. The third-order valence-corrected chi connectivity index (χ3v) is 5.80. The van der Waals surface area contributed by atoms with Gasteiger partial charge in [0.1, 0.15) is 12.6 Å². The van der Waals surface area contributed by atoms with Crippen molar-refractivity contribution < 1.29 is 29.1 Å². The number of Topliss-reactive ketones (excluding diaryl/α,β-unsaturated/α-hetero) is 1. The van der Waals surface area contributed by atoms with E-state index in [-0.39, 0.29) is 24.7 Å². The smallest absolute Gasteiger partial charge is 0.313 e. The molecule has 5 N–H and O–H groups in total. The Labute approximate surface area is 199 Å². The summed E-state index contributed by atoms with van der Waals surface area (Å²) in [4.78, 5) is 62.3. The quantitative estimate of drug-likeness (QED) is 0.308. The second-order valence-corrected chi connectivity index (χ2v) is 9.07. The molecule has 0 aromatic heterocycles. The average molecular weight is 475 g/mol. The van der Waals surface area contributed by atoms with E-state index in [1.165, 1.54) is 0 Å². The van der Waals surface area contributed by atoms with E-state index in [1.54, 1.807) is 26.0 Å². The zero-order chi connectivity index (χ0) is 25.4. The maximum absolute atomic E-state index is 13.0. The van der Waals surface area contributed by atoms with Crippen molar-refractivity contribution in [1.29, 1.82) is 0 Å². The molecule has 10 nitrogen and oxygen atoms in total. The third-order valence-electron chi connectivity index (χ3n) is 5.80. The van der Waals surface area contributed by atoms with Crippen LogP contribution in [0.1, 0.15) is 44.2 Å². The van der Waals surface area contributed by atoms with Crippen molar-refractivity contribution in [3.63, 3.8) is 0 Å². The normalized spacial score (nSPS) is 17.0. The van der Waals surface area contributed by atoms with Crippen LogP contribution in [0, 0.1) is 25.7 Å². The Bertz CT molecular complexity index is 925. The van der Waals surface area contributed by atoms with Gasteiger partial charge in [-0.25, -0.2) is 0 Å². The molecule has 0 radical (unpaired) electrons. The Morgan fingerprint density at radius 1 is 1.06 bits per heavy atom. The number of hydrogen-bond acceptors (Lipinski definition) is 6. The van der Waals surface area contributed by atoms with Crippen LogP contribution < -0.4 is 21.3 Å². The fourth-order valence-electron chi connectivity index (χ4n) is 3.92. The molecule has 1 fully saturated rings. The van der Waals surface area contributed by atoms with Crippen LogP contribution in [0.5, 0.6) is 0 Å². The van der Waals surface area contributed by atoms with Crippen molar-refractivity contribution in [3.8, 4) is 0 Å². The van der Waals surface area contributed by atoms with Crippen molar-refractivity contribution >= 4 is 35.1 Å². The Morgan fingerprint density at radius 2 is 1.71 bits per heavy atom. The minimum Gasteiger partial charge on any atom is -0.389 e. The molecule has 1 heterocycles. The molecule has 0 bridgehead atoms. The average Bonchev–Trinajstić information content (AvgIpc) is 3.18. The van der Waals surface area contributed by atoms with Crippen molar-refractivity contribution in [3.05, 3.63) is 29.3 Å². The van der Waals surface area contributed by atoms with Gasteiger partial charge in [-0.05, 0) is 50.2 Å². The highest BCUT2D eigenvalue weighted by Gasteiger charge is 2.33. The second kappa shape index (κ2) is 12.3. The summed E-state index contributed by atoms with van der Waals surface area (Å²) in [6.07, 6.45) is 0.791. The van der Waals surface area contributed by atoms with Gasteiger partial charge in [-0.3, -0.25) is 24.0 Å². The topological polar surface area (TPSA) is 154 Å². The Hall–Kier alpha value is -3.27. The van der Waals surface area contributed by atoms with Crippen LogP contribution in [0.15, 0.2) is 18.2 Å². The highest BCUT2D eigenvalue weighted by atomic mass is 16.3. The van der Waals surface area contributed by atoms with E-state index >= 15 is 0 Å². The monoisotopic (exact) mass is 474 g/mol. The molecule has 34 heavy (non-hydrogen) atoms. The van der Waals surface area contributed by atoms with Crippen LogP contribution in [0.4, 0.5) is 5.69 Å². The SMILES string of the molecule is Cc1cccc(C)c1NC(=O)C(=O)N[C@@H](CC(C)C)C(=O)NC(C[C@@H]1CCNC1=O)C(=O)CO. The molecule has 1 aromatic rings. The Balaban J connectivity index is 2.10. The van der Waals surface area contributed by atoms with Crippen molar-refractivity contribution in [2.24, 2.45) is 11.8 Å². The molecule has 0 aliphatic carbocycles. The molecule has 2 rings (SSSR count). The maximum atomic E-state index is 13.0. The number of anilines is 1. The molecule has 1 aromatic carbocycles. The van der Waals surface area contributed by atoms with Crippen molar-refractivity contribution in [2.75, 3.05) is 18.5 Å². The molecule has 10 heteroatoms. The lowest BCUT2D eigenvalue weighted by molar-refractivity contribution is -0.138. The first kappa shape index (κ1) is 27.0. The van der Waals surface area contributed by atoms with Gasteiger partial charge < -0.3 is 26.4 Å². The maximum Gasteiger partial charge on any atom is 0.313 e. The van der Waals surface area contributed by atoms with Gasteiger partial charge in [0.15, 0.2) is 5.78 Å². The molecular weight excluding hydrogens is 440 g/mol. The van der Waals surface area contributed by atoms with Gasteiger partial charge >= 0.3 is 11.8 Å². The van der Waals surface area contributed by atoms with Crippen LogP contribution in [-0.4, -0.2) is 59.8 Å². The summed E-state index contributed by atoms with van der Waals surface area (Å²) in [5, 5.41) is 19.6. The van der Waals surface area contributed by atoms with Crippen LogP contribution >= 0.6 is 0 Å². The zero-order valence-corrected chi connectivity index (χ0v) is 20.1. The highest BCUT2D eigenvalue weighted by Crippen LogP contribution is 2.19. The number of carbonyl (C=O) groups is 5. The molecule has 1 aliphatic heterocycles. The standard InChI is InChI=1S/C24H34N4O6/c1-13(2)10-18(27-23(33)24(34)28-20-14(3)6-5-7-15(20)4)22(32)26-17(19(30)12-29)11-16-8-9-25-21(16)31/h5-7,13,16-18,29H,8-12H2,1-4H3,(H,25,31)(H,26,32)(H,27,33)(H,28,34)/t16-,17?,18-/m0/s1. The Morgan fingerprint density at radius 3 is 2.24 bits per heavy atom. The number of rotatable bonds is 10. The van der Waals surface area contributed by atoms with Crippen LogP contribution in [-0.2, 0) is 24.0 Å². The van der Waals surface area contributed by atoms with Gasteiger partial charge in [0.2, 0.25) is 11.8 Å². The number of aliphatic hydroxyl groups excluding tert-OH is 1. The summed E-state index contributed by atoms with van der Waals surface area (Å²) in [6, 6.07) is 3.28. The molecule has 3 atom stereocenters. The number of benzene rings is 1. The molecule has 0 spiro atoms. The number of ketones is 1. The summed E-state index contributed by atoms with van der Waals surface area (Å²) >= 11 is 0. The predicted octanol–water partition coefficient (Wildman–Crippen LogP) is 0.345. The molecule has 1 saturated heterocycles. The number of amides is 4. The van der Waals surface area contributed by atoms with E-state index in [0.29, 0.717) is 18.7 Å². The van der Waals surface area contributed by atoms with Gasteiger partial charge in [-0.1, -0.05) is 32.0 Å². The molecule has 1 unspecified atom stereocenters. The van der Waals surface area contributed by atoms with E-state index in [2.05, 4.69) is 21.3 Å². The lowest BCUT2D eigenvalue weighted by Gasteiger charge is -2.24. The molecule has 186 valence electrons. The number of aliphatic hydroxyl groups is 1. The predicted molar refractivity (Wildman–Crippen MR) is 126 cm³/mol. The Kier molecular flexibility index (Phi) is 9.73. The van der Waals surface area contributed by atoms with E-state index in [4.69, 9.17) is 0 Å². The number of nitrogens with one attached hydrogen (secondary N) is 4. The summed E-state index contributed by atoms with van der Waals surface area (Å²) in [6.45, 7) is 7.00. The van der Waals surface area contributed by atoms with Gasteiger partial charge in [0, 0.05) is 18.2 Å². The summed E-state index contributed by atoms with van der Waals surface area (Å²) in [7, 11) is 0. The summed E-state index contributed by atoms with van der Waals surface area (Å²) < 4.78 is 0. The van der Waals surface area contributed by atoms with Crippen LogP contribution in [0.25, 0.3) is 0 Å². The third kappa shape index (κ3) is 7.38. The van der Waals surface area contributed by atoms with Gasteiger partial charge in [0.05, 0.1) is 6.04 Å². The fourth-order valence-corrected chi connectivity index (χ4v) is 3.92. The minimum absolute atomic E-state index is 0.00896. The zero-order valence-electron chi connectivity index (χ0n) is 20.1. The summed E-state index contributed by atoms with van der Waals surface area (Å²) in [5.41, 5.74) is 2.11. The first-order valence-electron chi connectivity index (χ1n) is 11.4. The largest absolute Gasteiger partial charge is 0.389 e. The highest BCUT2D eigenvalue weighted by molar-refractivity contribution is 6.40. The summed E-state index contributed by atoms with van der Waals surface area (Å²) in [5.74, 6) is -3.86. The lowest BCUT2D eigenvalue weighted by Crippen LogP contribution is -2.54. The molecule has 4 amide bonds. The van der Waals surface area contributed by atoms with Crippen LogP contribution in [0.3, 0.4) is 0 Å². The van der Waals surface area contributed by atoms with Crippen molar-refractivity contribution in [2.45, 2.75) is 59.0 Å². The van der Waals surface area contributed by atoms with Gasteiger partial charge in [-0.15, -0.1) is 0 Å². The first-order valence-corrected chi connectivity index (χ1v) is 11.4. The minimum atomic E-state index is -1.08. The van der Waals surface area contributed by atoms with E-state index in [0.717, 1.165) is 11.1 Å². The van der Waals surface area contributed by atoms with Crippen molar-refractivity contribution in [1.82, 2.24) is 16.0 Å². The molecule has 1 aliphatic rings. The molecule has 0 saturated carbocycles. The molecular formula is C24H34N4O6. The van der Waals surface area contributed by atoms with Gasteiger partial charge in [-0.2, -0.15) is 0 Å². The number of hydrogen-bond donors (Lipinski definition) is 5. The number of aryl methyl sites for hydroxylation is 2. The van der Waals surface area contributed by atoms with Gasteiger partial charge in [0.25, 0.3) is 0 Å². The van der Waals surface area contributed by atoms with Crippen LogP contribution in [0.2, 0.25) is 0 Å². The first-order chi connectivity index (χ1) is 16.0. The van der Waals surface area contributed by atoms with E-state index in [9.17, 15) is 29.1 Å².